The second-order valence-electron chi connectivity index (χ2n) is 3.90. The lowest BCUT2D eigenvalue weighted by Gasteiger charge is -2.11. The maximum atomic E-state index is 11.9. The molecule has 3 N–H and O–H groups in total. The smallest absolute Gasteiger partial charge is 0.405 e. The molecule has 21 heavy (non-hydrogen) atoms. The number of hydrogen-bond donors (Lipinski definition) is 2. The predicted octanol–water partition coefficient (Wildman–Crippen LogP) is 1.11. The largest absolute Gasteiger partial charge is 0.494 e. The molecule has 0 spiro atoms. The number of hydrogen-bond acceptors (Lipinski definition) is 5. The van der Waals surface area contributed by atoms with Crippen LogP contribution in [0.2, 0.25) is 0 Å². The first-order chi connectivity index (χ1) is 9.74. The van der Waals surface area contributed by atoms with Gasteiger partial charge in [-0.15, -0.1) is 0 Å². The SMILES string of the molecule is COc1c(N)cccc1C(=O)OCC(=O)NCC(F)(F)F. The van der Waals surface area contributed by atoms with E-state index in [1.165, 1.54) is 25.3 Å². The number of para-hydroxylation sites is 1. The Labute approximate surface area is 118 Å². The van der Waals surface area contributed by atoms with Gasteiger partial charge in [0.2, 0.25) is 0 Å². The Hall–Kier alpha value is -2.45. The number of amides is 1. The van der Waals surface area contributed by atoms with E-state index in [0.717, 1.165) is 0 Å². The lowest BCUT2D eigenvalue weighted by atomic mass is 10.2. The number of anilines is 1. The summed E-state index contributed by atoms with van der Waals surface area (Å²) in [4.78, 5) is 22.8. The standard InChI is InChI=1S/C12H13F3N2O4/c1-20-10-7(3-2-4-8(10)16)11(19)21-5-9(18)17-6-12(13,14)15/h2-4H,5-6,16H2,1H3,(H,17,18). The first-order valence-electron chi connectivity index (χ1n) is 5.67. The Morgan fingerprint density at radius 3 is 2.57 bits per heavy atom. The summed E-state index contributed by atoms with van der Waals surface area (Å²) in [6.07, 6.45) is -4.53. The molecule has 0 aliphatic heterocycles. The number of rotatable bonds is 5. The molecule has 0 atom stereocenters. The van der Waals surface area contributed by atoms with E-state index in [2.05, 4.69) is 4.74 Å². The van der Waals surface area contributed by atoms with E-state index < -0.39 is 31.2 Å². The van der Waals surface area contributed by atoms with Crippen molar-refractivity contribution in [2.24, 2.45) is 0 Å². The van der Waals surface area contributed by atoms with Gasteiger partial charge in [0.25, 0.3) is 5.91 Å². The summed E-state index contributed by atoms with van der Waals surface area (Å²) >= 11 is 0. The summed E-state index contributed by atoms with van der Waals surface area (Å²) in [6.45, 7) is -2.34. The van der Waals surface area contributed by atoms with Crippen LogP contribution in [0.25, 0.3) is 0 Å². The Bertz CT molecular complexity index is 532. The number of nitrogen functional groups attached to an aromatic ring is 1. The zero-order valence-electron chi connectivity index (χ0n) is 11.0. The number of ether oxygens (including phenoxy) is 2. The van der Waals surface area contributed by atoms with Crippen LogP contribution in [0.5, 0.6) is 5.75 Å². The number of carbonyl (C=O) groups excluding carboxylic acids is 2. The fraction of sp³-hybridized carbons (Fsp3) is 0.333. The number of alkyl halides is 3. The molecule has 0 radical (unpaired) electrons. The van der Waals surface area contributed by atoms with Gasteiger partial charge in [0.1, 0.15) is 12.1 Å². The maximum Gasteiger partial charge on any atom is 0.405 e. The molecule has 1 rings (SSSR count). The number of halogens is 3. The van der Waals surface area contributed by atoms with Crippen molar-refractivity contribution in [2.75, 3.05) is 26.0 Å². The van der Waals surface area contributed by atoms with Gasteiger partial charge in [-0.05, 0) is 12.1 Å². The monoisotopic (exact) mass is 306 g/mol. The molecule has 0 saturated heterocycles. The first-order valence-corrected chi connectivity index (χ1v) is 5.67. The molecule has 0 bridgehead atoms. The summed E-state index contributed by atoms with van der Waals surface area (Å²) in [5.74, 6) is -1.93. The summed E-state index contributed by atoms with van der Waals surface area (Å²) in [7, 11) is 1.29. The molecule has 0 saturated carbocycles. The quantitative estimate of drug-likeness (QED) is 0.628. The van der Waals surface area contributed by atoms with Crippen LogP contribution in [0.15, 0.2) is 18.2 Å². The van der Waals surface area contributed by atoms with Crippen molar-refractivity contribution in [2.45, 2.75) is 6.18 Å². The third-order valence-electron chi connectivity index (χ3n) is 2.29. The first kappa shape index (κ1) is 16.6. The van der Waals surface area contributed by atoms with Gasteiger partial charge in [0.05, 0.1) is 12.8 Å². The molecule has 0 aliphatic rings. The third kappa shape index (κ3) is 5.21. The van der Waals surface area contributed by atoms with Crippen molar-refractivity contribution >= 4 is 17.6 Å². The summed E-state index contributed by atoms with van der Waals surface area (Å²) in [5.41, 5.74) is 5.75. The second kappa shape index (κ2) is 6.82. The minimum Gasteiger partial charge on any atom is -0.494 e. The Balaban J connectivity index is 2.59. The average Bonchev–Trinajstić information content (AvgIpc) is 2.41. The maximum absolute atomic E-state index is 11.9. The van der Waals surface area contributed by atoms with Crippen LogP contribution in [-0.2, 0) is 9.53 Å². The number of nitrogens with two attached hydrogens (primary N) is 1. The predicted molar refractivity (Wildman–Crippen MR) is 66.8 cm³/mol. The molecule has 0 aromatic heterocycles. The molecule has 0 unspecified atom stereocenters. The van der Waals surface area contributed by atoms with Crippen LogP contribution in [0.1, 0.15) is 10.4 Å². The van der Waals surface area contributed by atoms with Crippen molar-refractivity contribution in [1.29, 1.82) is 0 Å². The topological polar surface area (TPSA) is 90.7 Å². The number of methoxy groups -OCH3 is 1. The third-order valence-corrected chi connectivity index (χ3v) is 2.29. The number of nitrogens with one attached hydrogen (secondary N) is 1. The number of benzene rings is 1. The van der Waals surface area contributed by atoms with E-state index in [1.807, 2.05) is 0 Å². The van der Waals surface area contributed by atoms with Gasteiger partial charge in [-0.1, -0.05) is 6.07 Å². The highest BCUT2D eigenvalue weighted by Crippen LogP contribution is 2.26. The minimum absolute atomic E-state index is 0.0267. The molecule has 9 heteroatoms. The van der Waals surface area contributed by atoms with Crippen LogP contribution in [0.3, 0.4) is 0 Å². The van der Waals surface area contributed by atoms with Gasteiger partial charge in [-0.2, -0.15) is 13.2 Å². The molecule has 0 heterocycles. The minimum atomic E-state index is -4.53. The van der Waals surface area contributed by atoms with Crippen LogP contribution in [0, 0.1) is 0 Å². The van der Waals surface area contributed by atoms with Gasteiger partial charge in [0.15, 0.2) is 12.4 Å². The summed E-state index contributed by atoms with van der Waals surface area (Å²) < 4.78 is 45.1. The van der Waals surface area contributed by atoms with E-state index in [1.54, 1.807) is 5.32 Å². The fourth-order valence-electron chi connectivity index (χ4n) is 1.40. The van der Waals surface area contributed by atoms with Crippen molar-refractivity contribution < 1.29 is 32.2 Å². The molecule has 116 valence electrons. The highest BCUT2D eigenvalue weighted by atomic mass is 19.4. The van der Waals surface area contributed by atoms with E-state index >= 15 is 0 Å². The zero-order valence-corrected chi connectivity index (χ0v) is 11.0. The number of carbonyl (C=O) groups is 2. The highest BCUT2D eigenvalue weighted by Gasteiger charge is 2.28. The van der Waals surface area contributed by atoms with Gasteiger partial charge in [0, 0.05) is 0 Å². The van der Waals surface area contributed by atoms with Crippen molar-refractivity contribution in [3.8, 4) is 5.75 Å². The number of esters is 1. The lowest BCUT2D eigenvalue weighted by molar-refractivity contribution is -0.140. The fourth-order valence-corrected chi connectivity index (χ4v) is 1.40. The van der Waals surface area contributed by atoms with Gasteiger partial charge >= 0.3 is 12.1 Å². The Kier molecular flexibility index (Phi) is 5.39. The Morgan fingerprint density at radius 2 is 2.00 bits per heavy atom. The molecular weight excluding hydrogens is 293 g/mol. The lowest BCUT2D eigenvalue weighted by Crippen LogP contribution is -2.36. The normalized spacial score (nSPS) is 10.9. The summed E-state index contributed by atoms with van der Waals surface area (Å²) in [5, 5.41) is 1.57. The zero-order chi connectivity index (χ0) is 16.0. The highest BCUT2D eigenvalue weighted by molar-refractivity contribution is 5.95. The van der Waals surface area contributed by atoms with Crippen LogP contribution >= 0.6 is 0 Å². The molecule has 1 aromatic carbocycles. The molecule has 0 aliphatic carbocycles. The molecule has 0 fully saturated rings. The second-order valence-corrected chi connectivity index (χ2v) is 3.90. The van der Waals surface area contributed by atoms with Gasteiger partial charge in [-0.25, -0.2) is 4.79 Å². The average molecular weight is 306 g/mol. The van der Waals surface area contributed by atoms with Crippen molar-refractivity contribution in [3.05, 3.63) is 23.8 Å². The van der Waals surface area contributed by atoms with Crippen LogP contribution in [0.4, 0.5) is 18.9 Å². The van der Waals surface area contributed by atoms with Gasteiger partial charge in [-0.3, -0.25) is 4.79 Å². The molecular formula is C12H13F3N2O4. The van der Waals surface area contributed by atoms with Crippen LogP contribution in [-0.4, -0.2) is 38.3 Å². The van der Waals surface area contributed by atoms with Crippen molar-refractivity contribution in [1.82, 2.24) is 5.32 Å². The van der Waals surface area contributed by atoms with E-state index in [9.17, 15) is 22.8 Å². The van der Waals surface area contributed by atoms with Crippen LogP contribution < -0.4 is 15.8 Å². The van der Waals surface area contributed by atoms with E-state index in [0.29, 0.717) is 0 Å². The Morgan fingerprint density at radius 1 is 1.33 bits per heavy atom. The molecule has 1 amide bonds. The summed E-state index contributed by atoms with van der Waals surface area (Å²) in [6, 6.07) is 4.31. The van der Waals surface area contributed by atoms with E-state index in [-0.39, 0.29) is 17.0 Å². The van der Waals surface area contributed by atoms with E-state index in [4.69, 9.17) is 10.5 Å². The van der Waals surface area contributed by atoms with Gasteiger partial charge < -0.3 is 20.5 Å². The molecule has 1 aromatic rings. The molecule has 6 nitrogen and oxygen atoms in total. The van der Waals surface area contributed by atoms with Crippen molar-refractivity contribution in [3.63, 3.8) is 0 Å².